The molecule has 1 aromatic heterocycles. The van der Waals surface area contributed by atoms with Gasteiger partial charge in [0.15, 0.2) is 0 Å². The van der Waals surface area contributed by atoms with Crippen LogP contribution in [-0.2, 0) is 11.3 Å². The predicted molar refractivity (Wildman–Crippen MR) is 77.9 cm³/mol. The molecule has 1 aromatic carbocycles. The molecule has 1 heterocycles. The van der Waals surface area contributed by atoms with E-state index < -0.39 is 5.97 Å². The summed E-state index contributed by atoms with van der Waals surface area (Å²) in [6.07, 6.45) is 0.796. The average molecular weight is 276 g/mol. The molecular formula is C15H16O3S. The minimum Gasteiger partial charge on any atom is -0.477 e. The zero-order valence-electron chi connectivity index (χ0n) is 10.8. The lowest BCUT2D eigenvalue weighted by atomic mass is 10.1. The Kier molecular flexibility index (Phi) is 4.35. The van der Waals surface area contributed by atoms with Crippen LogP contribution in [0, 0.1) is 0 Å². The summed E-state index contributed by atoms with van der Waals surface area (Å²) in [7, 11) is 0. The number of thiophene rings is 1. The highest BCUT2D eigenvalue weighted by atomic mass is 32.1. The van der Waals surface area contributed by atoms with Crippen molar-refractivity contribution in [3.63, 3.8) is 0 Å². The molecule has 0 saturated heterocycles. The molecule has 100 valence electrons. The first-order chi connectivity index (χ1) is 9.09. The van der Waals surface area contributed by atoms with Gasteiger partial charge in [-0.25, -0.2) is 4.79 Å². The summed E-state index contributed by atoms with van der Waals surface area (Å²) in [5.74, 6) is -0.889. The highest BCUT2D eigenvalue weighted by molar-refractivity contribution is 7.21. The maximum atomic E-state index is 11.3. The van der Waals surface area contributed by atoms with Crippen molar-refractivity contribution in [2.45, 2.75) is 20.0 Å². The number of carboxylic acids is 1. The van der Waals surface area contributed by atoms with Gasteiger partial charge in [-0.1, -0.05) is 23.8 Å². The summed E-state index contributed by atoms with van der Waals surface area (Å²) in [5, 5.41) is 10.2. The van der Waals surface area contributed by atoms with Crippen molar-refractivity contribution in [2.75, 3.05) is 6.61 Å². The van der Waals surface area contributed by atoms with Gasteiger partial charge in [-0.2, -0.15) is 0 Å². The fourth-order valence-electron chi connectivity index (χ4n) is 1.84. The van der Waals surface area contributed by atoms with Crippen LogP contribution >= 0.6 is 11.3 Å². The van der Waals surface area contributed by atoms with Crippen LogP contribution in [0.15, 0.2) is 36.4 Å². The highest BCUT2D eigenvalue weighted by Gasteiger charge is 2.17. The Labute approximate surface area is 116 Å². The summed E-state index contributed by atoms with van der Waals surface area (Å²) in [6, 6.07) is 7.70. The van der Waals surface area contributed by atoms with Crippen molar-refractivity contribution in [2.24, 2.45) is 0 Å². The lowest BCUT2D eigenvalue weighted by molar-refractivity contribution is 0.0694. The lowest BCUT2D eigenvalue weighted by Crippen LogP contribution is -2.01. The van der Waals surface area contributed by atoms with Gasteiger partial charge < -0.3 is 9.84 Å². The van der Waals surface area contributed by atoms with Crippen LogP contribution in [0.2, 0.25) is 0 Å². The molecule has 0 aliphatic carbocycles. The molecule has 4 heteroatoms. The SMILES string of the molecule is C=C(C)CCOCc1c(C(=O)O)sc2ccccc12. The number of ether oxygens (including phenoxy) is 1. The van der Waals surface area contributed by atoms with E-state index in [0.29, 0.717) is 18.1 Å². The molecule has 0 aliphatic heterocycles. The molecule has 0 spiro atoms. The standard InChI is InChI=1S/C15H16O3S/c1-10(2)7-8-18-9-12-11-5-3-4-6-13(11)19-14(12)15(16)17/h3-6H,1,7-9H2,2H3,(H,16,17). The van der Waals surface area contributed by atoms with Crippen LogP contribution in [-0.4, -0.2) is 17.7 Å². The van der Waals surface area contributed by atoms with E-state index in [1.165, 1.54) is 11.3 Å². The fourth-order valence-corrected chi connectivity index (χ4v) is 2.88. The molecule has 2 aromatic rings. The third kappa shape index (κ3) is 3.22. The number of hydrogen-bond donors (Lipinski definition) is 1. The van der Waals surface area contributed by atoms with E-state index in [-0.39, 0.29) is 0 Å². The fraction of sp³-hybridized carbons (Fsp3) is 0.267. The van der Waals surface area contributed by atoms with Gasteiger partial charge in [-0.15, -0.1) is 17.9 Å². The second kappa shape index (κ2) is 5.99. The van der Waals surface area contributed by atoms with Gasteiger partial charge in [0, 0.05) is 10.3 Å². The molecule has 1 N–H and O–H groups in total. The van der Waals surface area contributed by atoms with Crippen LogP contribution < -0.4 is 0 Å². The first kappa shape index (κ1) is 13.8. The van der Waals surface area contributed by atoms with Gasteiger partial charge in [-0.3, -0.25) is 0 Å². The van der Waals surface area contributed by atoms with E-state index in [9.17, 15) is 9.90 Å². The van der Waals surface area contributed by atoms with Crippen LogP contribution in [0.4, 0.5) is 0 Å². The summed E-state index contributed by atoms with van der Waals surface area (Å²) in [6.45, 7) is 6.66. The lowest BCUT2D eigenvalue weighted by Gasteiger charge is -2.04. The van der Waals surface area contributed by atoms with Gasteiger partial charge >= 0.3 is 5.97 Å². The number of aromatic carboxylic acids is 1. The van der Waals surface area contributed by atoms with E-state index in [4.69, 9.17) is 4.74 Å². The number of carboxylic acid groups (broad SMARTS) is 1. The zero-order valence-corrected chi connectivity index (χ0v) is 11.6. The molecule has 0 bridgehead atoms. The van der Waals surface area contributed by atoms with Crippen molar-refractivity contribution in [1.29, 1.82) is 0 Å². The van der Waals surface area contributed by atoms with E-state index >= 15 is 0 Å². The number of hydrogen-bond acceptors (Lipinski definition) is 3. The molecule has 0 aliphatic rings. The van der Waals surface area contributed by atoms with Crippen molar-refractivity contribution < 1.29 is 14.6 Å². The van der Waals surface area contributed by atoms with Crippen LogP contribution in [0.25, 0.3) is 10.1 Å². The molecule has 19 heavy (non-hydrogen) atoms. The molecule has 0 amide bonds. The highest BCUT2D eigenvalue weighted by Crippen LogP contribution is 2.31. The molecule has 2 rings (SSSR count). The largest absolute Gasteiger partial charge is 0.477 e. The van der Waals surface area contributed by atoms with Gasteiger partial charge in [0.05, 0.1) is 13.2 Å². The summed E-state index contributed by atoms with van der Waals surface area (Å²) in [4.78, 5) is 11.6. The Bertz CT molecular complexity index is 613. The summed E-state index contributed by atoms with van der Waals surface area (Å²) in [5.41, 5.74) is 1.84. The molecule has 0 atom stereocenters. The molecular weight excluding hydrogens is 260 g/mol. The predicted octanol–water partition coefficient (Wildman–Crippen LogP) is 4.08. The summed E-state index contributed by atoms with van der Waals surface area (Å²) >= 11 is 1.30. The summed E-state index contributed by atoms with van der Waals surface area (Å²) < 4.78 is 6.55. The van der Waals surface area contributed by atoms with Crippen LogP contribution in [0.5, 0.6) is 0 Å². The van der Waals surface area contributed by atoms with Crippen LogP contribution in [0.3, 0.4) is 0 Å². The Morgan fingerprint density at radius 3 is 2.84 bits per heavy atom. The maximum Gasteiger partial charge on any atom is 0.346 e. The number of benzene rings is 1. The number of fused-ring (bicyclic) bond motifs is 1. The van der Waals surface area contributed by atoms with E-state index in [2.05, 4.69) is 6.58 Å². The molecule has 3 nitrogen and oxygen atoms in total. The Balaban J connectivity index is 2.22. The van der Waals surface area contributed by atoms with Crippen molar-refractivity contribution in [3.8, 4) is 0 Å². The normalized spacial score (nSPS) is 10.8. The minimum absolute atomic E-state index is 0.332. The Morgan fingerprint density at radius 2 is 2.16 bits per heavy atom. The van der Waals surface area contributed by atoms with E-state index in [1.54, 1.807) is 0 Å². The molecule has 0 unspecified atom stereocenters. The second-order valence-corrected chi connectivity index (χ2v) is 5.52. The Hall–Kier alpha value is -1.65. The zero-order chi connectivity index (χ0) is 13.8. The Morgan fingerprint density at radius 1 is 1.42 bits per heavy atom. The van der Waals surface area contributed by atoms with Gasteiger partial charge in [0.2, 0.25) is 0 Å². The third-order valence-corrected chi connectivity index (χ3v) is 4.01. The smallest absolute Gasteiger partial charge is 0.346 e. The van der Waals surface area contributed by atoms with E-state index in [0.717, 1.165) is 27.6 Å². The van der Waals surface area contributed by atoms with Crippen molar-refractivity contribution in [3.05, 3.63) is 46.9 Å². The average Bonchev–Trinajstić information content (AvgIpc) is 2.73. The van der Waals surface area contributed by atoms with Gasteiger partial charge in [-0.05, 0) is 24.8 Å². The number of rotatable bonds is 6. The van der Waals surface area contributed by atoms with Gasteiger partial charge in [0.25, 0.3) is 0 Å². The first-order valence-corrected chi connectivity index (χ1v) is 6.87. The second-order valence-electron chi connectivity index (χ2n) is 4.47. The molecule has 0 radical (unpaired) electrons. The van der Waals surface area contributed by atoms with Gasteiger partial charge in [0.1, 0.15) is 4.88 Å². The number of carbonyl (C=O) groups is 1. The van der Waals surface area contributed by atoms with Crippen molar-refractivity contribution in [1.82, 2.24) is 0 Å². The first-order valence-electron chi connectivity index (χ1n) is 6.05. The van der Waals surface area contributed by atoms with E-state index in [1.807, 2.05) is 31.2 Å². The maximum absolute atomic E-state index is 11.3. The molecule has 0 fully saturated rings. The molecule has 0 saturated carbocycles. The minimum atomic E-state index is -0.889. The third-order valence-electron chi connectivity index (χ3n) is 2.81. The van der Waals surface area contributed by atoms with Crippen LogP contribution in [0.1, 0.15) is 28.6 Å². The van der Waals surface area contributed by atoms with Crippen molar-refractivity contribution >= 4 is 27.4 Å². The quantitative estimate of drug-likeness (QED) is 0.638. The topological polar surface area (TPSA) is 46.5 Å². The monoisotopic (exact) mass is 276 g/mol.